The van der Waals surface area contributed by atoms with E-state index in [1.807, 2.05) is 93.6 Å². The van der Waals surface area contributed by atoms with Crippen LogP contribution in [-0.4, -0.2) is 35.9 Å². The third kappa shape index (κ3) is 7.96. The van der Waals surface area contributed by atoms with E-state index < -0.39 is 6.04 Å². The lowest BCUT2D eigenvalue weighted by atomic mass is 10.0. The van der Waals surface area contributed by atoms with Crippen LogP contribution in [0.2, 0.25) is 0 Å². The number of amides is 2. The van der Waals surface area contributed by atoms with Gasteiger partial charge in [0.25, 0.3) is 5.91 Å². The maximum atomic E-state index is 13.6. The van der Waals surface area contributed by atoms with E-state index in [1.165, 1.54) is 0 Å². The van der Waals surface area contributed by atoms with Crippen molar-refractivity contribution < 1.29 is 14.3 Å². The van der Waals surface area contributed by atoms with E-state index in [0.717, 1.165) is 33.1 Å². The molecule has 184 valence electrons. The predicted octanol–water partition coefficient (Wildman–Crippen LogP) is 5.61. The SMILES string of the molecule is CCCNC(=O)[C@@H](Cc1ccccc1)N(Cc1ccc(Br)cc1)C(=O)COc1cc(C)ccc1C. The molecule has 0 fully saturated rings. The van der Waals surface area contributed by atoms with E-state index >= 15 is 0 Å². The Hall–Kier alpha value is -3.12. The number of benzene rings is 3. The van der Waals surface area contributed by atoms with Gasteiger partial charge in [0.05, 0.1) is 0 Å². The van der Waals surface area contributed by atoms with Crippen molar-refractivity contribution in [1.29, 1.82) is 0 Å². The van der Waals surface area contributed by atoms with E-state index in [1.54, 1.807) is 4.90 Å². The fourth-order valence-corrected chi connectivity index (χ4v) is 4.06. The first kappa shape index (κ1) is 26.5. The van der Waals surface area contributed by atoms with Gasteiger partial charge in [-0.2, -0.15) is 0 Å². The molecule has 3 aromatic carbocycles. The number of hydrogen-bond acceptors (Lipinski definition) is 3. The van der Waals surface area contributed by atoms with Gasteiger partial charge < -0.3 is 15.0 Å². The Balaban J connectivity index is 1.90. The summed E-state index contributed by atoms with van der Waals surface area (Å²) in [5.74, 6) is 0.284. The van der Waals surface area contributed by atoms with Gasteiger partial charge in [-0.05, 0) is 60.7 Å². The van der Waals surface area contributed by atoms with Gasteiger partial charge in [-0.25, -0.2) is 0 Å². The third-order valence-corrected chi connectivity index (χ3v) is 6.31. The second-order valence-corrected chi connectivity index (χ2v) is 9.62. The molecule has 0 bridgehead atoms. The minimum Gasteiger partial charge on any atom is -0.483 e. The highest BCUT2D eigenvalue weighted by molar-refractivity contribution is 9.10. The van der Waals surface area contributed by atoms with E-state index in [2.05, 4.69) is 21.2 Å². The van der Waals surface area contributed by atoms with Gasteiger partial charge in [0.2, 0.25) is 5.91 Å². The summed E-state index contributed by atoms with van der Waals surface area (Å²) < 4.78 is 6.91. The van der Waals surface area contributed by atoms with Crippen molar-refractivity contribution in [3.63, 3.8) is 0 Å². The van der Waals surface area contributed by atoms with Crippen LogP contribution in [0.1, 0.15) is 35.6 Å². The smallest absolute Gasteiger partial charge is 0.261 e. The summed E-state index contributed by atoms with van der Waals surface area (Å²) in [5.41, 5.74) is 3.96. The molecule has 6 heteroatoms. The van der Waals surface area contributed by atoms with Crippen LogP contribution in [0.3, 0.4) is 0 Å². The quantitative estimate of drug-likeness (QED) is 0.346. The number of nitrogens with one attached hydrogen (secondary N) is 1. The summed E-state index contributed by atoms with van der Waals surface area (Å²) >= 11 is 3.46. The van der Waals surface area contributed by atoms with Crippen LogP contribution in [0.25, 0.3) is 0 Å². The monoisotopic (exact) mass is 536 g/mol. The van der Waals surface area contributed by atoms with E-state index in [-0.39, 0.29) is 18.4 Å². The molecule has 0 saturated heterocycles. The van der Waals surface area contributed by atoms with Crippen molar-refractivity contribution in [2.24, 2.45) is 0 Å². The van der Waals surface area contributed by atoms with Crippen LogP contribution in [0.5, 0.6) is 5.75 Å². The van der Waals surface area contributed by atoms with Crippen molar-refractivity contribution in [2.75, 3.05) is 13.2 Å². The number of hydrogen-bond donors (Lipinski definition) is 1. The highest BCUT2D eigenvalue weighted by Gasteiger charge is 2.30. The zero-order valence-electron chi connectivity index (χ0n) is 20.6. The molecular weight excluding hydrogens is 504 g/mol. The minimum atomic E-state index is -0.665. The van der Waals surface area contributed by atoms with Gasteiger partial charge >= 0.3 is 0 Å². The molecule has 3 aromatic rings. The molecule has 0 saturated carbocycles. The molecule has 1 N–H and O–H groups in total. The van der Waals surface area contributed by atoms with E-state index in [4.69, 9.17) is 4.74 Å². The number of nitrogens with zero attached hydrogens (tertiary/aromatic N) is 1. The summed E-state index contributed by atoms with van der Waals surface area (Å²) in [4.78, 5) is 28.6. The molecule has 0 aliphatic carbocycles. The summed E-state index contributed by atoms with van der Waals surface area (Å²) in [6.45, 7) is 6.67. The zero-order valence-corrected chi connectivity index (χ0v) is 22.2. The van der Waals surface area contributed by atoms with Crippen LogP contribution >= 0.6 is 15.9 Å². The fraction of sp³-hybridized carbons (Fsp3) is 0.310. The lowest BCUT2D eigenvalue weighted by molar-refractivity contribution is -0.142. The molecule has 5 nitrogen and oxygen atoms in total. The Morgan fingerprint density at radius 1 is 0.971 bits per heavy atom. The second-order valence-electron chi connectivity index (χ2n) is 8.70. The molecule has 0 aliphatic heterocycles. The first-order valence-electron chi connectivity index (χ1n) is 11.9. The topological polar surface area (TPSA) is 58.6 Å². The highest BCUT2D eigenvalue weighted by Crippen LogP contribution is 2.21. The average molecular weight is 537 g/mol. The molecule has 2 amide bonds. The third-order valence-electron chi connectivity index (χ3n) is 5.78. The number of carbonyl (C=O) groups excluding carboxylic acids is 2. The van der Waals surface area contributed by atoms with Crippen molar-refractivity contribution in [3.05, 3.63) is 99.5 Å². The molecule has 0 radical (unpaired) electrons. The Morgan fingerprint density at radius 2 is 1.69 bits per heavy atom. The molecular formula is C29H33BrN2O3. The lowest BCUT2D eigenvalue weighted by Crippen LogP contribution is -2.51. The standard InChI is InChI=1S/C29H33BrN2O3/c1-4-16-31-29(34)26(18-23-8-6-5-7-9-23)32(19-24-12-14-25(30)15-13-24)28(33)20-35-27-17-21(2)10-11-22(27)3/h5-15,17,26H,4,16,18-20H2,1-3H3,(H,31,34)/t26-/m1/s1. The van der Waals surface area contributed by atoms with Gasteiger partial charge in [-0.1, -0.05) is 77.5 Å². The van der Waals surface area contributed by atoms with Crippen molar-refractivity contribution in [1.82, 2.24) is 10.2 Å². The maximum absolute atomic E-state index is 13.6. The number of rotatable bonds is 11. The van der Waals surface area contributed by atoms with Crippen LogP contribution in [0.15, 0.2) is 77.3 Å². The van der Waals surface area contributed by atoms with Crippen LogP contribution in [0, 0.1) is 13.8 Å². The van der Waals surface area contributed by atoms with Gasteiger partial charge in [0.1, 0.15) is 11.8 Å². The molecule has 0 heterocycles. The normalized spacial score (nSPS) is 11.5. The zero-order chi connectivity index (χ0) is 25.2. The number of carbonyl (C=O) groups is 2. The van der Waals surface area contributed by atoms with E-state index in [0.29, 0.717) is 25.3 Å². The highest BCUT2D eigenvalue weighted by atomic mass is 79.9. The molecule has 0 aromatic heterocycles. The van der Waals surface area contributed by atoms with Gasteiger partial charge in [-0.3, -0.25) is 9.59 Å². The van der Waals surface area contributed by atoms with Crippen LogP contribution < -0.4 is 10.1 Å². The summed E-state index contributed by atoms with van der Waals surface area (Å²) in [6, 6.07) is 22.8. The van der Waals surface area contributed by atoms with Crippen molar-refractivity contribution >= 4 is 27.7 Å². The van der Waals surface area contributed by atoms with Gasteiger partial charge in [0.15, 0.2) is 6.61 Å². The molecule has 1 atom stereocenters. The fourth-order valence-electron chi connectivity index (χ4n) is 3.79. The van der Waals surface area contributed by atoms with Gasteiger partial charge in [0, 0.05) is 24.0 Å². The Labute approximate surface area is 216 Å². The molecule has 3 rings (SSSR count). The minimum absolute atomic E-state index is 0.146. The summed E-state index contributed by atoms with van der Waals surface area (Å²) in [7, 11) is 0. The van der Waals surface area contributed by atoms with Crippen molar-refractivity contribution in [3.8, 4) is 5.75 Å². The van der Waals surface area contributed by atoms with Crippen LogP contribution in [-0.2, 0) is 22.6 Å². The Kier molecular flexibility index (Phi) is 9.91. The number of aryl methyl sites for hydroxylation is 2. The van der Waals surface area contributed by atoms with Crippen molar-refractivity contribution in [2.45, 2.75) is 46.2 Å². The Morgan fingerprint density at radius 3 is 2.37 bits per heavy atom. The summed E-state index contributed by atoms with van der Waals surface area (Å²) in [5, 5.41) is 2.99. The molecule has 35 heavy (non-hydrogen) atoms. The number of halogens is 1. The molecule has 0 spiro atoms. The molecule has 0 aliphatic rings. The summed E-state index contributed by atoms with van der Waals surface area (Å²) in [6.07, 6.45) is 1.24. The van der Waals surface area contributed by atoms with Crippen LogP contribution in [0.4, 0.5) is 0 Å². The number of ether oxygens (including phenoxy) is 1. The van der Waals surface area contributed by atoms with E-state index in [9.17, 15) is 9.59 Å². The Bertz CT molecular complexity index is 1120. The van der Waals surface area contributed by atoms with Gasteiger partial charge in [-0.15, -0.1) is 0 Å². The lowest BCUT2D eigenvalue weighted by Gasteiger charge is -2.31. The average Bonchev–Trinajstić information content (AvgIpc) is 2.86. The molecule has 0 unspecified atom stereocenters. The second kappa shape index (κ2) is 13.1. The largest absolute Gasteiger partial charge is 0.483 e. The predicted molar refractivity (Wildman–Crippen MR) is 143 cm³/mol. The first-order valence-corrected chi connectivity index (χ1v) is 12.7. The maximum Gasteiger partial charge on any atom is 0.261 e. The first-order chi connectivity index (χ1) is 16.9.